The Morgan fingerprint density at radius 1 is 1.36 bits per heavy atom. The van der Waals surface area contributed by atoms with E-state index in [2.05, 4.69) is 16.5 Å². The van der Waals surface area contributed by atoms with Crippen LogP contribution in [0.2, 0.25) is 0 Å². The number of aliphatic hydroxyl groups is 1. The number of benzene rings is 1. The molecule has 1 aromatic heterocycles. The first-order valence-corrected chi connectivity index (χ1v) is 10.4. The van der Waals surface area contributed by atoms with Crippen molar-refractivity contribution in [2.45, 2.75) is 57.7 Å². The van der Waals surface area contributed by atoms with Crippen LogP contribution in [0.15, 0.2) is 24.4 Å². The minimum Gasteiger partial charge on any atom is -0.395 e. The fourth-order valence-corrected chi connectivity index (χ4v) is 3.78. The van der Waals surface area contributed by atoms with Crippen LogP contribution in [0.3, 0.4) is 0 Å². The number of halogens is 4. The van der Waals surface area contributed by atoms with Crippen molar-refractivity contribution in [3.8, 4) is 6.07 Å². The summed E-state index contributed by atoms with van der Waals surface area (Å²) in [5.41, 5.74) is 5.79. The first-order valence-electron chi connectivity index (χ1n) is 10.4. The molecular weight excluding hydrogens is 442 g/mol. The van der Waals surface area contributed by atoms with Crippen molar-refractivity contribution in [2.75, 3.05) is 11.9 Å². The number of nitrogens with zero attached hydrogens (tertiary/aromatic N) is 3. The van der Waals surface area contributed by atoms with Gasteiger partial charge in [-0.3, -0.25) is 9.48 Å². The molecule has 0 aliphatic heterocycles. The number of aliphatic hydroxyl groups excluding tert-OH is 1. The summed E-state index contributed by atoms with van der Waals surface area (Å²) in [6.07, 6.45) is 5.15. The van der Waals surface area contributed by atoms with Gasteiger partial charge >= 0.3 is 6.68 Å². The SMILES string of the molecule is CC(C)(CO)c1ccc(Nc2nn(C3CCCCC3C#N)cc2C(N)=O)cc1F.FC(F)F. The quantitative estimate of drug-likeness (QED) is 0.536. The molecular formula is C22H27F4N5O2. The van der Waals surface area contributed by atoms with Crippen LogP contribution in [0.5, 0.6) is 0 Å². The summed E-state index contributed by atoms with van der Waals surface area (Å²) in [5, 5.41) is 26.3. The highest BCUT2D eigenvalue weighted by atomic mass is 19.4. The number of nitrogens with two attached hydrogens (primary N) is 1. The second-order valence-electron chi connectivity index (χ2n) is 8.43. The summed E-state index contributed by atoms with van der Waals surface area (Å²) in [6, 6.07) is 6.77. The van der Waals surface area contributed by atoms with Gasteiger partial charge in [0.15, 0.2) is 5.82 Å². The van der Waals surface area contributed by atoms with Crippen LogP contribution in [-0.4, -0.2) is 34.1 Å². The Bertz CT molecular complexity index is 1000. The maximum atomic E-state index is 14.6. The highest BCUT2D eigenvalue weighted by molar-refractivity contribution is 5.98. The van der Waals surface area contributed by atoms with E-state index in [-0.39, 0.29) is 29.9 Å². The predicted molar refractivity (Wildman–Crippen MR) is 114 cm³/mol. The molecule has 4 N–H and O–H groups in total. The largest absolute Gasteiger partial charge is 0.395 e. The molecule has 2 aromatic rings. The molecule has 33 heavy (non-hydrogen) atoms. The van der Waals surface area contributed by atoms with Crippen LogP contribution in [0, 0.1) is 23.1 Å². The Hall–Kier alpha value is -3.13. The lowest BCUT2D eigenvalue weighted by Gasteiger charge is -2.26. The van der Waals surface area contributed by atoms with Gasteiger partial charge in [0.25, 0.3) is 5.91 Å². The molecule has 0 bridgehead atoms. The number of anilines is 2. The number of carbonyl (C=O) groups excluding carboxylic acids is 1. The molecule has 11 heteroatoms. The van der Waals surface area contributed by atoms with Crippen molar-refractivity contribution >= 4 is 17.4 Å². The van der Waals surface area contributed by atoms with Crippen LogP contribution in [0.1, 0.15) is 61.5 Å². The summed E-state index contributed by atoms with van der Waals surface area (Å²) in [5.74, 6) is -1.06. The third-order valence-electron chi connectivity index (χ3n) is 5.59. The van der Waals surface area contributed by atoms with Gasteiger partial charge in [-0.25, -0.2) is 4.39 Å². The molecule has 2 unspecified atom stereocenters. The molecule has 1 saturated carbocycles. The average Bonchev–Trinajstić information content (AvgIpc) is 3.17. The van der Waals surface area contributed by atoms with Gasteiger partial charge in [-0.2, -0.15) is 23.5 Å². The van der Waals surface area contributed by atoms with Gasteiger partial charge in [-0.1, -0.05) is 32.8 Å². The number of rotatable bonds is 6. The van der Waals surface area contributed by atoms with Gasteiger partial charge in [0, 0.05) is 17.3 Å². The maximum Gasteiger partial charge on any atom is 0.379 e. The van der Waals surface area contributed by atoms with Crippen LogP contribution in [-0.2, 0) is 5.41 Å². The van der Waals surface area contributed by atoms with Gasteiger partial charge in [0.2, 0.25) is 0 Å². The molecule has 0 spiro atoms. The minimum absolute atomic E-state index is 0.119. The molecule has 1 heterocycles. The van der Waals surface area contributed by atoms with Crippen molar-refractivity contribution in [1.29, 1.82) is 5.26 Å². The van der Waals surface area contributed by atoms with E-state index in [9.17, 15) is 32.7 Å². The zero-order chi connectivity index (χ0) is 24.8. The average molecular weight is 469 g/mol. The molecule has 7 nitrogen and oxygen atoms in total. The molecule has 0 radical (unpaired) electrons. The van der Waals surface area contributed by atoms with Gasteiger partial charge in [-0.15, -0.1) is 0 Å². The van der Waals surface area contributed by atoms with E-state index in [1.54, 1.807) is 36.9 Å². The fourth-order valence-electron chi connectivity index (χ4n) is 3.78. The molecule has 1 aliphatic carbocycles. The number of alkyl halides is 3. The smallest absolute Gasteiger partial charge is 0.379 e. The minimum atomic E-state index is -3.67. The summed E-state index contributed by atoms with van der Waals surface area (Å²) < 4.78 is 45.2. The number of hydrogen-bond donors (Lipinski definition) is 3. The normalized spacial score (nSPS) is 18.3. The molecule has 0 saturated heterocycles. The Kier molecular flexibility index (Phi) is 8.82. The van der Waals surface area contributed by atoms with Crippen molar-refractivity contribution in [1.82, 2.24) is 9.78 Å². The third-order valence-corrected chi connectivity index (χ3v) is 5.59. The zero-order valence-corrected chi connectivity index (χ0v) is 18.4. The molecule has 2 atom stereocenters. The predicted octanol–water partition coefficient (Wildman–Crippen LogP) is 4.57. The Morgan fingerprint density at radius 3 is 2.55 bits per heavy atom. The van der Waals surface area contributed by atoms with E-state index < -0.39 is 23.8 Å². The van der Waals surface area contributed by atoms with Crippen molar-refractivity contribution in [3.05, 3.63) is 41.3 Å². The Labute approximate surface area is 189 Å². The molecule has 1 aliphatic rings. The fraction of sp³-hybridized carbons (Fsp3) is 0.500. The van der Waals surface area contributed by atoms with E-state index >= 15 is 0 Å². The topological polar surface area (TPSA) is 117 Å². The second kappa shape index (κ2) is 11.1. The summed E-state index contributed by atoms with van der Waals surface area (Å²) in [4.78, 5) is 11.9. The summed E-state index contributed by atoms with van der Waals surface area (Å²) in [7, 11) is 0. The number of carbonyl (C=O) groups is 1. The second-order valence-corrected chi connectivity index (χ2v) is 8.43. The van der Waals surface area contributed by atoms with Crippen LogP contribution >= 0.6 is 0 Å². The van der Waals surface area contributed by atoms with E-state index in [0.717, 1.165) is 25.7 Å². The standard InChI is InChI=1S/C21H26FN5O2.CHF3/c1-21(2,12-28)16-8-7-14(9-17(16)22)25-20-15(19(24)29)11-27(26-20)18-6-4-3-5-13(18)10-23;2-1(3)4/h7-9,11,13,18,28H,3-6,12H2,1-2H3,(H2,24,29)(H,25,26);1H. The third kappa shape index (κ3) is 6.68. The number of amides is 1. The number of hydrogen-bond acceptors (Lipinski definition) is 5. The summed E-state index contributed by atoms with van der Waals surface area (Å²) in [6.45, 7) is -0.350. The molecule has 3 rings (SSSR count). The number of primary amides is 1. The summed E-state index contributed by atoms with van der Waals surface area (Å²) >= 11 is 0. The lowest BCUT2D eigenvalue weighted by Crippen LogP contribution is -2.23. The van der Waals surface area contributed by atoms with E-state index in [1.165, 1.54) is 6.07 Å². The lowest BCUT2D eigenvalue weighted by atomic mass is 9.85. The molecule has 1 amide bonds. The van der Waals surface area contributed by atoms with Gasteiger partial charge in [-0.05, 0) is 30.5 Å². The van der Waals surface area contributed by atoms with Crippen molar-refractivity contribution in [3.63, 3.8) is 0 Å². The molecule has 1 fully saturated rings. The maximum absolute atomic E-state index is 14.6. The Balaban J connectivity index is 0.000000890. The van der Waals surface area contributed by atoms with Crippen LogP contribution in [0.25, 0.3) is 0 Å². The number of aromatic nitrogens is 2. The van der Waals surface area contributed by atoms with Crippen molar-refractivity contribution in [2.24, 2.45) is 11.7 Å². The lowest BCUT2D eigenvalue weighted by molar-refractivity contribution is 0.00818. The van der Waals surface area contributed by atoms with Gasteiger partial charge in [0.05, 0.1) is 24.6 Å². The van der Waals surface area contributed by atoms with Crippen molar-refractivity contribution < 1.29 is 27.5 Å². The van der Waals surface area contributed by atoms with Crippen LogP contribution in [0.4, 0.5) is 29.1 Å². The zero-order valence-electron chi connectivity index (χ0n) is 18.4. The molecule has 180 valence electrons. The van der Waals surface area contributed by atoms with Crippen LogP contribution < -0.4 is 11.1 Å². The Morgan fingerprint density at radius 2 is 2.00 bits per heavy atom. The monoisotopic (exact) mass is 469 g/mol. The molecule has 1 aromatic carbocycles. The highest BCUT2D eigenvalue weighted by Crippen LogP contribution is 2.35. The first-order chi connectivity index (χ1) is 15.5. The van der Waals surface area contributed by atoms with E-state index in [4.69, 9.17) is 5.73 Å². The first kappa shape index (κ1) is 26.1. The highest BCUT2D eigenvalue weighted by Gasteiger charge is 2.29. The van der Waals surface area contributed by atoms with E-state index in [0.29, 0.717) is 11.3 Å². The van der Waals surface area contributed by atoms with E-state index in [1.807, 2.05) is 0 Å². The number of nitriles is 1. The number of nitrogens with one attached hydrogen (secondary N) is 1. The van der Waals surface area contributed by atoms with Gasteiger partial charge < -0.3 is 16.2 Å². The van der Waals surface area contributed by atoms with Gasteiger partial charge in [0.1, 0.15) is 11.4 Å².